The third kappa shape index (κ3) is 4.04. The van der Waals surface area contributed by atoms with Crippen LogP contribution in [0.25, 0.3) is 0 Å². The molecule has 1 aromatic rings. The molecule has 0 spiro atoms. The summed E-state index contributed by atoms with van der Waals surface area (Å²) in [6.45, 7) is 4.29. The molecule has 0 saturated heterocycles. The summed E-state index contributed by atoms with van der Waals surface area (Å²) in [5.41, 5.74) is 5.63. The van der Waals surface area contributed by atoms with Gasteiger partial charge in [0.25, 0.3) is 0 Å². The van der Waals surface area contributed by atoms with Gasteiger partial charge in [-0.05, 0) is 24.1 Å². The molecule has 110 valence electrons. The third-order valence-electron chi connectivity index (χ3n) is 2.58. The van der Waals surface area contributed by atoms with Crippen molar-refractivity contribution in [2.24, 2.45) is 11.7 Å². The van der Waals surface area contributed by atoms with E-state index >= 15 is 0 Å². The first-order valence-corrected chi connectivity index (χ1v) is 7.68. The van der Waals surface area contributed by atoms with Gasteiger partial charge in [-0.3, -0.25) is 0 Å². The van der Waals surface area contributed by atoms with E-state index in [2.05, 4.69) is 11.8 Å². The zero-order valence-corrected chi connectivity index (χ0v) is 12.7. The van der Waals surface area contributed by atoms with Crippen molar-refractivity contribution in [3.63, 3.8) is 0 Å². The van der Waals surface area contributed by atoms with E-state index in [0.717, 1.165) is 10.4 Å². The van der Waals surface area contributed by atoms with Crippen LogP contribution in [0, 0.1) is 23.6 Å². The highest BCUT2D eigenvalue weighted by molar-refractivity contribution is 7.89. The molecule has 2 N–H and O–H groups in total. The van der Waals surface area contributed by atoms with E-state index in [1.54, 1.807) is 0 Å². The predicted octanol–water partition coefficient (Wildman–Crippen LogP) is 1.41. The summed E-state index contributed by atoms with van der Waals surface area (Å²) in [5.74, 6) is 4.61. The van der Waals surface area contributed by atoms with Gasteiger partial charge >= 0.3 is 0 Å². The van der Waals surface area contributed by atoms with Gasteiger partial charge in [-0.25, -0.2) is 17.1 Å². The number of rotatable bonds is 4. The van der Waals surface area contributed by atoms with Gasteiger partial charge in [0.15, 0.2) is 0 Å². The second-order valence-electron chi connectivity index (χ2n) is 4.83. The van der Waals surface area contributed by atoms with Gasteiger partial charge in [-0.2, -0.15) is 0 Å². The first-order chi connectivity index (χ1) is 9.28. The topological polar surface area (TPSA) is 63.4 Å². The molecule has 0 bridgehead atoms. The molecule has 20 heavy (non-hydrogen) atoms. The van der Waals surface area contributed by atoms with Crippen molar-refractivity contribution in [1.29, 1.82) is 0 Å². The SMILES string of the molecule is CC(C)CN(C)S(=O)(=O)c1ccc(C#CCN)cc1F. The van der Waals surface area contributed by atoms with Crippen LogP contribution in [0.4, 0.5) is 4.39 Å². The average Bonchev–Trinajstić information content (AvgIpc) is 2.35. The number of nitrogens with zero attached hydrogens (tertiary/aromatic N) is 1. The summed E-state index contributed by atoms with van der Waals surface area (Å²) in [5, 5.41) is 0. The molecule has 4 nitrogen and oxygen atoms in total. The zero-order chi connectivity index (χ0) is 15.3. The second-order valence-corrected chi connectivity index (χ2v) is 6.84. The highest BCUT2D eigenvalue weighted by Gasteiger charge is 2.24. The number of halogens is 1. The summed E-state index contributed by atoms with van der Waals surface area (Å²) >= 11 is 0. The normalized spacial score (nSPS) is 11.6. The molecule has 0 heterocycles. The largest absolute Gasteiger partial charge is 0.320 e. The summed E-state index contributed by atoms with van der Waals surface area (Å²) in [6, 6.07) is 3.82. The van der Waals surface area contributed by atoms with Crippen molar-refractivity contribution in [2.75, 3.05) is 20.1 Å². The minimum atomic E-state index is -3.82. The Bertz CT molecular complexity index is 630. The number of hydrogen-bond donors (Lipinski definition) is 1. The van der Waals surface area contributed by atoms with Crippen LogP contribution in [0.5, 0.6) is 0 Å². The molecule has 6 heteroatoms. The molecule has 1 aromatic carbocycles. The first-order valence-electron chi connectivity index (χ1n) is 6.24. The van der Waals surface area contributed by atoms with E-state index in [1.165, 1.54) is 19.2 Å². The maximum absolute atomic E-state index is 14.0. The lowest BCUT2D eigenvalue weighted by Gasteiger charge is -2.19. The summed E-state index contributed by atoms with van der Waals surface area (Å²) in [7, 11) is -2.38. The Morgan fingerprint density at radius 2 is 2.05 bits per heavy atom. The lowest BCUT2D eigenvalue weighted by Crippen LogP contribution is -2.31. The first kappa shape index (κ1) is 16.6. The summed E-state index contributed by atoms with van der Waals surface area (Å²) in [6.07, 6.45) is 0. The Labute approximate surface area is 119 Å². The Hall–Kier alpha value is -1.42. The Morgan fingerprint density at radius 1 is 1.40 bits per heavy atom. The highest BCUT2D eigenvalue weighted by Crippen LogP contribution is 2.20. The standard InChI is InChI=1S/C14H19FN2O2S/c1-11(2)10-17(3)20(18,19)14-7-6-12(5-4-8-16)9-13(14)15/h6-7,9,11H,8,10,16H2,1-3H3. The molecule has 0 saturated carbocycles. The van der Waals surface area contributed by atoms with E-state index < -0.39 is 15.8 Å². The number of hydrogen-bond acceptors (Lipinski definition) is 3. The quantitative estimate of drug-likeness (QED) is 0.855. The molecule has 0 aromatic heterocycles. The molecule has 1 rings (SSSR count). The molecule has 0 amide bonds. The monoisotopic (exact) mass is 298 g/mol. The molecule has 0 aliphatic rings. The van der Waals surface area contributed by atoms with E-state index in [-0.39, 0.29) is 17.4 Å². The van der Waals surface area contributed by atoms with E-state index in [0.29, 0.717) is 12.1 Å². The summed E-state index contributed by atoms with van der Waals surface area (Å²) in [4.78, 5) is -0.334. The lowest BCUT2D eigenvalue weighted by molar-refractivity contribution is 0.414. The van der Waals surface area contributed by atoms with E-state index in [1.807, 2.05) is 13.8 Å². The second kappa shape index (κ2) is 6.84. The maximum atomic E-state index is 14.0. The van der Waals surface area contributed by atoms with Crippen LogP contribution in [-0.2, 0) is 10.0 Å². The van der Waals surface area contributed by atoms with Gasteiger partial charge in [-0.15, -0.1) is 0 Å². The van der Waals surface area contributed by atoms with Gasteiger partial charge in [-0.1, -0.05) is 25.7 Å². The van der Waals surface area contributed by atoms with E-state index in [4.69, 9.17) is 5.73 Å². The molecule has 0 fully saturated rings. The smallest absolute Gasteiger partial charge is 0.245 e. The van der Waals surface area contributed by atoms with Gasteiger partial charge in [0.2, 0.25) is 10.0 Å². The molecule has 0 unspecified atom stereocenters. The Kier molecular flexibility index (Phi) is 5.69. The van der Waals surface area contributed by atoms with Crippen LogP contribution in [0.1, 0.15) is 19.4 Å². The van der Waals surface area contributed by atoms with Crippen molar-refractivity contribution in [2.45, 2.75) is 18.7 Å². The predicted molar refractivity (Wildman–Crippen MR) is 77.0 cm³/mol. The molecule has 0 aliphatic heterocycles. The number of nitrogens with two attached hydrogens (primary N) is 1. The Balaban J connectivity index is 3.14. The van der Waals surface area contributed by atoms with Gasteiger partial charge in [0, 0.05) is 19.2 Å². The minimum Gasteiger partial charge on any atom is -0.320 e. The summed E-state index contributed by atoms with van der Waals surface area (Å²) < 4.78 is 39.6. The number of sulfonamides is 1. The van der Waals surface area contributed by atoms with Crippen molar-refractivity contribution in [1.82, 2.24) is 4.31 Å². The van der Waals surface area contributed by atoms with Crippen LogP contribution in [0.15, 0.2) is 23.1 Å². The zero-order valence-electron chi connectivity index (χ0n) is 11.9. The van der Waals surface area contributed by atoms with Crippen molar-refractivity contribution < 1.29 is 12.8 Å². The molecule has 0 aliphatic carbocycles. The van der Waals surface area contributed by atoms with Crippen molar-refractivity contribution in [3.05, 3.63) is 29.6 Å². The van der Waals surface area contributed by atoms with Gasteiger partial charge < -0.3 is 5.73 Å². The molecular weight excluding hydrogens is 279 g/mol. The maximum Gasteiger partial charge on any atom is 0.245 e. The Morgan fingerprint density at radius 3 is 2.55 bits per heavy atom. The number of benzene rings is 1. The molecular formula is C14H19FN2O2S. The van der Waals surface area contributed by atoms with Crippen LogP contribution in [-0.4, -0.2) is 32.9 Å². The third-order valence-corrected chi connectivity index (χ3v) is 4.43. The van der Waals surface area contributed by atoms with Gasteiger partial charge in [0.05, 0.1) is 6.54 Å². The highest BCUT2D eigenvalue weighted by atomic mass is 32.2. The fourth-order valence-corrected chi connectivity index (χ4v) is 3.10. The fourth-order valence-electron chi connectivity index (χ4n) is 1.72. The average molecular weight is 298 g/mol. The fraction of sp³-hybridized carbons (Fsp3) is 0.429. The molecule has 0 atom stereocenters. The van der Waals surface area contributed by atoms with Crippen LogP contribution in [0.3, 0.4) is 0 Å². The van der Waals surface area contributed by atoms with Gasteiger partial charge in [0.1, 0.15) is 10.7 Å². The van der Waals surface area contributed by atoms with Crippen LogP contribution < -0.4 is 5.73 Å². The lowest BCUT2D eigenvalue weighted by atomic mass is 10.2. The molecule has 0 radical (unpaired) electrons. The van der Waals surface area contributed by atoms with Crippen molar-refractivity contribution >= 4 is 10.0 Å². The van der Waals surface area contributed by atoms with Crippen LogP contribution >= 0.6 is 0 Å². The van der Waals surface area contributed by atoms with Crippen LogP contribution in [0.2, 0.25) is 0 Å². The minimum absolute atomic E-state index is 0.160. The van der Waals surface area contributed by atoms with Crippen molar-refractivity contribution in [3.8, 4) is 11.8 Å². The van der Waals surface area contributed by atoms with E-state index in [9.17, 15) is 12.8 Å².